The van der Waals surface area contributed by atoms with E-state index in [0.717, 1.165) is 11.6 Å². The third-order valence-corrected chi connectivity index (χ3v) is 4.39. The summed E-state index contributed by atoms with van der Waals surface area (Å²) in [5.74, 6) is -1.62. The Kier molecular flexibility index (Phi) is 4.82. The number of halogens is 3. The molecule has 0 spiro atoms. The first-order chi connectivity index (χ1) is 13.0. The molecule has 0 fully saturated rings. The van der Waals surface area contributed by atoms with Crippen LogP contribution in [0.1, 0.15) is 36.2 Å². The number of benzene rings is 2. The lowest BCUT2D eigenvalue weighted by molar-refractivity contribution is -0.274. The molecule has 8 heteroatoms. The third-order valence-electron chi connectivity index (χ3n) is 4.39. The second-order valence-electron chi connectivity index (χ2n) is 6.92. The Labute approximate surface area is 158 Å². The summed E-state index contributed by atoms with van der Waals surface area (Å²) in [4.78, 5) is 23.5. The first-order valence-electron chi connectivity index (χ1n) is 8.45. The van der Waals surface area contributed by atoms with Crippen LogP contribution in [-0.4, -0.2) is 28.8 Å². The molecule has 1 aliphatic carbocycles. The van der Waals surface area contributed by atoms with Crippen LogP contribution in [-0.2, 0) is 11.2 Å². The maximum Gasteiger partial charge on any atom is 0.573 e. The zero-order chi connectivity index (χ0) is 20.7. The predicted molar refractivity (Wildman–Crippen MR) is 93.6 cm³/mol. The molecule has 0 atom stereocenters. The van der Waals surface area contributed by atoms with E-state index in [1.807, 2.05) is 0 Å². The van der Waals surface area contributed by atoms with Crippen LogP contribution in [0.25, 0.3) is 11.1 Å². The molecule has 1 aliphatic rings. The van der Waals surface area contributed by atoms with E-state index in [0.29, 0.717) is 29.5 Å². The van der Waals surface area contributed by atoms with Gasteiger partial charge < -0.3 is 14.6 Å². The van der Waals surface area contributed by atoms with Crippen molar-refractivity contribution in [1.29, 1.82) is 0 Å². The van der Waals surface area contributed by atoms with E-state index in [2.05, 4.69) is 4.74 Å². The van der Waals surface area contributed by atoms with Crippen molar-refractivity contribution in [2.24, 2.45) is 0 Å². The van der Waals surface area contributed by atoms with Crippen molar-refractivity contribution in [1.82, 2.24) is 0 Å². The highest BCUT2D eigenvalue weighted by Crippen LogP contribution is 2.39. The predicted octanol–water partition coefficient (Wildman–Crippen LogP) is 4.62. The first-order valence-corrected chi connectivity index (χ1v) is 8.45. The standard InChI is InChI=1S/C20H17F3O5/c1-19(2,18(25)26)28-17-10-14-12(6-7-16(14)24)9-15(17)11-4-3-5-13(8-11)27-20(21,22)23/h3-5,8-10H,6-7H2,1-2H3,(H,25,26). The average Bonchev–Trinajstić information content (AvgIpc) is 2.93. The number of hydrogen-bond acceptors (Lipinski definition) is 4. The van der Waals surface area contributed by atoms with Gasteiger partial charge in [-0.05, 0) is 55.7 Å². The molecule has 0 amide bonds. The zero-order valence-electron chi connectivity index (χ0n) is 15.1. The number of carbonyl (C=O) groups excluding carboxylic acids is 1. The number of Topliss-reactive ketones (excluding diaryl/α,β-unsaturated/α-hetero) is 1. The van der Waals surface area contributed by atoms with Gasteiger partial charge in [-0.3, -0.25) is 4.79 Å². The molecule has 5 nitrogen and oxygen atoms in total. The third kappa shape index (κ3) is 4.11. The minimum absolute atomic E-state index is 0.0892. The molecule has 1 N–H and O–H groups in total. The molecule has 0 saturated carbocycles. The van der Waals surface area contributed by atoms with Gasteiger partial charge in [-0.15, -0.1) is 13.2 Å². The van der Waals surface area contributed by atoms with Crippen LogP contribution >= 0.6 is 0 Å². The topological polar surface area (TPSA) is 72.8 Å². The Morgan fingerprint density at radius 1 is 1.04 bits per heavy atom. The molecule has 148 valence electrons. The quantitative estimate of drug-likeness (QED) is 0.801. The maximum atomic E-state index is 12.5. The van der Waals surface area contributed by atoms with Gasteiger partial charge >= 0.3 is 12.3 Å². The Morgan fingerprint density at radius 3 is 2.39 bits per heavy atom. The van der Waals surface area contributed by atoms with Crippen LogP contribution in [0.5, 0.6) is 11.5 Å². The second kappa shape index (κ2) is 6.85. The summed E-state index contributed by atoms with van der Waals surface area (Å²) < 4.78 is 47.2. The number of aryl methyl sites for hydroxylation is 1. The lowest BCUT2D eigenvalue weighted by Crippen LogP contribution is -2.38. The van der Waals surface area contributed by atoms with E-state index in [1.165, 1.54) is 32.0 Å². The van der Waals surface area contributed by atoms with Gasteiger partial charge in [0.2, 0.25) is 0 Å². The van der Waals surface area contributed by atoms with E-state index in [4.69, 9.17) is 4.74 Å². The summed E-state index contributed by atoms with van der Waals surface area (Å²) in [6.45, 7) is 2.69. The fourth-order valence-electron chi connectivity index (χ4n) is 2.96. The number of ketones is 1. The number of alkyl halides is 3. The molecular formula is C20H17F3O5. The highest BCUT2D eigenvalue weighted by atomic mass is 19.4. The monoisotopic (exact) mass is 394 g/mol. The number of carboxylic acids is 1. The molecule has 0 saturated heterocycles. The SMILES string of the molecule is CC(C)(Oc1cc2c(cc1-c1cccc(OC(F)(F)F)c1)CCC2=O)C(=O)O. The molecule has 28 heavy (non-hydrogen) atoms. The van der Waals surface area contributed by atoms with Crippen LogP contribution < -0.4 is 9.47 Å². The highest BCUT2D eigenvalue weighted by Gasteiger charge is 2.33. The first kappa shape index (κ1) is 19.7. The summed E-state index contributed by atoms with van der Waals surface area (Å²) in [6, 6.07) is 8.41. The van der Waals surface area contributed by atoms with E-state index < -0.39 is 23.7 Å². The van der Waals surface area contributed by atoms with Crippen molar-refractivity contribution in [3.05, 3.63) is 47.5 Å². The lowest BCUT2D eigenvalue weighted by Gasteiger charge is -2.24. The molecule has 3 rings (SSSR count). The van der Waals surface area contributed by atoms with E-state index in [-0.39, 0.29) is 11.5 Å². The van der Waals surface area contributed by atoms with Gasteiger partial charge in [0.1, 0.15) is 11.5 Å². The number of carbonyl (C=O) groups is 2. The van der Waals surface area contributed by atoms with Gasteiger partial charge in [0.15, 0.2) is 11.4 Å². The van der Waals surface area contributed by atoms with Crippen LogP contribution in [0.4, 0.5) is 13.2 Å². The van der Waals surface area contributed by atoms with Gasteiger partial charge in [-0.1, -0.05) is 12.1 Å². The van der Waals surface area contributed by atoms with Gasteiger partial charge in [-0.25, -0.2) is 4.79 Å². The Hall–Kier alpha value is -3.03. The largest absolute Gasteiger partial charge is 0.573 e. The summed E-state index contributed by atoms with van der Waals surface area (Å²) >= 11 is 0. The molecule has 0 radical (unpaired) electrons. The maximum absolute atomic E-state index is 12.5. The molecule has 0 heterocycles. The highest BCUT2D eigenvalue weighted by molar-refractivity contribution is 6.01. The lowest BCUT2D eigenvalue weighted by atomic mass is 9.98. The summed E-state index contributed by atoms with van der Waals surface area (Å²) in [5, 5.41) is 9.34. The smallest absolute Gasteiger partial charge is 0.478 e. The zero-order valence-corrected chi connectivity index (χ0v) is 15.1. The van der Waals surface area contributed by atoms with Gasteiger partial charge in [0, 0.05) is 17.5 Å². The Morgan fingerprint density at radius 2 is 1.75 bits per heavy atom. The van der Waals surface area contributed by atoms with Gasteiger partial charge in [0.25, 0.3) is 0 Å². The number of ether oxygens (including phenoxy) is 2. The second-order valence-corrected chi connectivity index (χ2v) is 6.92. The van der Waals surface area contributed by atoms with Crippen LogP contribution in [0, 0.1) is 0 Å². The fraction of sp³-hybridized carbons (Fsp3) is 0.300. The molecule has 2 aromatic carbocycles. The number of hydrogen-bond donors (Lipinski definition) is 1. The van der Waals surface area contributed by atoms with Crippen molar-refractivity contribution >= 4 is 11.8 Å². The average molecular weight is 394 g/mol. The van der Waals surface area contributed by atoms with Crippen molar-refractivity contribution < 1.29 is 37.3 Å². The number of fused-ring (bicyclic) bond motifs is 1. The minimum Gasteiger partial charge on any atom is -0.478 e. The molecule has 0 aliphatic heterocycles. The molecule has 0 bridgehead atoms. The molecule has 0 aromatic heterocycles. The normalized spacial score (nSPS) is 14.0. The van der Waals surface area contributed by atoms with Crippen molar-refractivity contribution in [2.45, 2.75) is 38.7 Å². The van der Waals surface area contributed by atoms with Crippen molar-refractivity contribution in [3.63, 3.8) is 0 Å². The molecular weight excluding hydrogens is 377 g/mol. The Balaban J connectivity index is 2.11. The summed E-state index contributed by atoms with van der Waals surface area (Å²) in [7, 11) is 0. The minimum atomic E-state index is -4.84. The van der Waals surface area contributed by atoms with Crippen molar-refractivity contribution in [3.8, 4) is 22.6 Å². The number of carboxylic acid groups (broad SMARTS) is 1. The van der Waals surface area contributed by atoms with E-state index >= 15 is 0 Å². The van der Waals surface area contributed by atoms with E-state index in [9.17, 15) is 27.9 Å². The van der Waals surface area contributed by atoms with Crippen LogP contribution in [0.15, 0.2) is 36.4 Å². The Bertz CT molecular complexity index is 947. The van der Waals surface area contributed by atoms with Crippen LogP contribution in [0.2, 0.25) is 0 Å². The van der Waals surface area contributed by atoms with Gasteiger partial charge in [-0.2, -0.15) is 0 Å². The van der Waals surface area contributed by atoms with Gasteiger partial charge in [0.05, 0.1) is 0 Å². The molecule has 0 unspecified atom stereocenters. The number of aliphatic carboxylic acids is 1. The van der Waals surface area contributed by atoms with E-state index in [1.54, 1.807) is 12.1 Å². The van der Waals surface area contributed by atoms with Crippen LogP contribution in [0.3, 0.4) is 0 Å². The molecule has 2 aromatic rings. The fourth-order valence-corrected chi connectivity index (χ4v) is 2.96. The summed E-state index contributed by atoms with van der Waals surface area (Å²) in [5.41, 5.74) is 0.297. The van der Waals surface area contributed by atoms with Crippen molar-refractivity contribution in [2.75, 3.05) is 0 Å². The summed E-state index contributed by atoms with van der Waals surface area (Å²) in [6.07, 6.45) is -4.02. The number of rotatable bonds is 5.